The summed E-state index contributed by atoms with van der Waals surface area (Å²) >= 11 is 5.90. The van der Waals surface area contributed by atoms with Gasteiger partial charge in [-0.2, -0.15) is 23.5 Å². The second kappa shape index (κ2) is 8.16. The van der Waals surface area contributed by atoms with Crippen molar-refractivity contribution in [1.82, 2.24) is 25.1 Å². The van der Waals surface area contributed by atoms with Crippen molar-refractivity contribution in [2.24, 2.45) is 0 Å². The van der Waals surface area contributed by atoms with Crippen LogP contribution in [0.3, 0.4) is 0 Å². The van der Waals surface area contributed by atoms with Crippen molar-refractivity contribution in [1.29, 1.82) is 5.26 Å². The number of aromatic amines is 1. The van der Waals surface area contributed by atoms with Crippen LogP contribution in [0.25, 0.3) is 11.3 Å². The number of hydrogen-bond acceptors (Lipinski definition) is 4. The number of rotatable bonds is 5. The van der Waals surface area contributed by atoms with E-state index in [0.717, 1.165) is 12.3 Å². The van der Waals surface area contributed by atoms with Crippen molar-refractivity contribution >= 4 is 17.5 Å². The van der Waals surface area contributed by atoms with Crippen molar-refractivity contribution in [3.63, 3.8) is 0 Å². The minimum atomic E-state index is -4.68. The number of amides is 1. The molecule has 0 saturated heterocycles. The predicted octanol–water partition coefficient (Wildman–Crippen LogP) is 3.77. The number of nitrogens with one attached hydrogen (secondary N) is 2. The molecule has 2 N–H and O–H groups in total. The lowest BCUT2D eigenvalue weighted by atomic mass is 10.1. The van der Waals surface area contributed by atoms with E-state index in [2.05, 4.69) is 15.4 Å². The quantitative estimate of drug-likeness (QED) is 0.590. The second-order valence-electron chi connectivity index (χ2n) is 6.36. The molecule has 1 aromatic carbocycles. The molecule has 0 spiro atoms. The van der Waals surface area contributed by atoms with Gasteiger partial charge in [0.05, 0.1) is 17.3 Å². The molecular weight excluding hydrogens is 428 g/mol. The molecule has 0 aliphatic heterocycles. The fourth-order valence-electron chi connectivity index (χ4n) is 2.65. The van der Waals surface area contributed by atoms with Crippen LogP contribution in [-0.4, -0.2) is 31.7 Å². The molecule has 12 heteroatoms. The molecule has 156 valence electrons. The molecule has 1 atom stereocenters. The van der Waals surface area contributed by atoms with E-state index in [1.807, 2.05) is 4.98 Å². The molecule has 0 unspecified atom stereocenters. The molecule has 0 aliphatic rings. The fraction of sp³-hybridized carbons (Fsp3) is 0.222. The molecule has 3 aromatic rings. The highest BCUT2D eigenvalue weighted by molar-refractivity contribution is 6.32. The normalized spacial score (nSPS) is 12.4. The molecule has 1 amide bonds. The number of halogens is 5. The van der Waals surface area contributed by atoms with E-state index >= 15 is 0 Å². The third-order valence-corrected chi connectivity index (χ3v) is 4.31. The summed E-state index contributed by atoms with van der Waals surface area (Å²) in [5, 5.41) is 15.6. The lowest BCUT2D eigenvalue weighted by Gasteiger charge is -2.13. The Morgan fingerprint density at radius 3 is 2.77 bits per heavy atom. The van der Waals surface area contributed by atoms with E-state index in [4.69, 9.17) is 16.9 Å². The van der Waals surface area contributed by atoms with Crippen LogP contribution in [-0.2, 0) is 12.7 Å². The Kier molecular flexibility index (Phi) is 5.80. The van der Waals surface area contributed by atoms with Gasteiger partial charge >= 0.3 is 6.18 Å². The van der Waals surface area contributed by atoms with Gasteiger partial charge in [-0.05, 0) is 25.1 Å². The van der Waals surface area contributed by atoms with Crippen LogP contribution in [0.4, 0.5) is 17.6 Å². The first-order valence-electron chi connectivity index (χ1n) is 8.45. The summed E-state index contributed by atoms with van der Waals surface area (Å²) in [6, 6.07) is 5.31. The van der Waals surface area contributed by atoms with E-state index in [1.54, 1.807) is 25.3 Å². The van der Waals surface area contributed by atoms with E-state index in [9.17, 15) is 22.4 Å². The number of nitrogens with zero attached hydrogens (tertiary/aromatic N) is 4. The van der Waals surface area contributed by atoms with Crippen LogP contribution in [0.15, 0.2) is 30.6 Å². The maximum absolute atomic E-state index is 13.9. The van der Waals surface area contributed by atoms with Crippen molar-refractivity contribution in [3.05, 3.63) is 58.5 Å². The number of aromatic nitrogens is 4. The first-order valence-corrected chi connectivity index (χ1v) is 8.82. The number of hydrogen-bond donors (Lipinski definition) is 2. The lowest BCUT2D eigenvalue weighted by molar-refractivity contribution is -0.144. The first kappa shape index (κ1) is 21.3. The highest BCUT2D eigenvalue weighted by Crippen LogP contribution is 2.27. The standard InChI is InChI=1S/C18H13ClF4N6O/c1-9(26-16(30)15-7-25-17(27-15)18(21,22)23)8-29-3-2-14(28-29)10-4-12(19)11(6-24)13(20)5-10/h2-5,7,9H,8H2,1H3,(H,25,27)(H,26,30)/t9-/m0/s1. The SMILES string of the molecule is C[C@@H](Cn1ccc(-c2cc(F)c(C#N)c(Cl)c2)n1)NC(=O)c1c[nH]c(C(F)(F)F)n1. The second-order valence-corrected chi connectivity index (χ2v) is 6.76. The van der Waals surface area contributed by atoms with Crippen molar-refractivity contribution in [3.8, 4) is 17.3 Å². The van der Waals surface area contributed by atoms with E-state index in [0.29, 0.717) is 11.3 Å². The van der Waals surface area contributed by atoms with Crippen molar-refractivity contribution < 1.29 is 22.4 Å². The third-order valence-electron chi connectivity index (χ3n) is 4.01. The predicted molar refractivity (Wildman–Crippen MR) is 97.9 cm³/mol. The van der Waals surface area contributed by atoms with Gasteiger partial charge in [0.25, 0.3) is 5.91 Å². The Labute approximate surface area is 172 Å². The summed E-state index contributed by atoms with van der Waals surface area (Å²) in [6.07, 6.45) is -2.22. The topological polar surface area (TPSA) is 99.4 Å². The minimum absolute atomic E-state index is 0.0417. The summed E-state index contributed by atoms with van der Waals surface area (Å²) in [5.74, 6) is -2.81. The van der Waals surface area contributed by atoms with Gasteiger partial charge in [0.1, 0.15) is 23.1 Å². The minimum Gasteiger partial charge on any atom is -0.346 e. The number of benzene rings is 1. The van der Waals surface area contributed by atoms with Gasteiger partial charge in [0.15, 0.2) is 0 Å². The number of nitriles is 1. The third kappa shape index (κ3) is 4.60. The van der Waals surface area contributed by atoms with E-state index < -0.39 is 35.5 Å². The zero-order chi connectivity index (χ0) is 22.1. The molecular formula is C18H13ClF4N6O. The summed E-state index contributed by atoms with van der Waals surface area (Å²) < 4.78 is 53.1. The molecule has 0 bridgehead atoms. The van der Waals surface area contributed by atoms with Gasteiger partial charge in [-0.15, -0.1) is 0 Å². The summed E-state index contributed by atoms with van der Waals surface area (Å²) in [6.45, 7) is 1.82. The molecule has 30 heavy (non-hydrogen) atoms. The van der Waals surface area contributed by atoms with Crippen LogP contribution in [0.5, 0.6) is 0 Å². The smallest absolute Gasteiger partial charge is 0.346 e. The molecule has 0 radical (unpaired) electrons. The van der Waals surface area contributed by atoms with Gasteiger partial charge in [-0.25, -0.2) is 9.37 Å². The molecule has 0 saturated carbocycles. The van der Waals surface area contributed by atoms with Crippen LogP contribution >= 0.6 is 11.6 Å². The Bertz CT molecular complexity index is 1110. The van der Waals surface area contributed by atoms with E-state index in [1.165, 1.54) is 10.7 Å². The molecule has 0 aliphatic carbocycles. The van der Waals surface area contributed by atoms with Crippen LogP contribution in [0.2, 0.25) is 5.02 Å². The van der Waals surface area contributed by atoms with Gasteiger partial charge in [0, 0.05) is 24.0 Å². The van der Waals surface area contributed by atoms with Crippen LogP contribution in [0, 0.1) is 17.1 Å². The van der Waals surface area contributed by atoms with Crippen molar-refractivity contribution in [2.45, 2.75) is 25.7 Å². The zero-order valence-electron chi connectivity index (χ0n) is 15.3. The van der Waals surface area contributed by atoms with Crippen LogP contribution in [0.1, 0.15) is 28.8 Å². The molecule has 2 aromatic heterocycles. The molecule has 0 fully saturated rings. The van der Waals surface area contributed by atoms with Gasteiger partial charge in [0.2, 0.25) is 5.82 Å². The maximum atomic E-state index is 13.9. The van der Waals surface area contributed by atoms with Gasteiger partial charge in [-0.3, -0.25) is 9.48 Å². The highest BCUT2D eigenvalue weighted by atomic mass is 35.5. The first-order chi connectivity index (χ1) is 14.1. The number of carbonyl (C=O) groups excluding carboxylic acids is 1. The monoisotopic (exact) mass is 440 g/mol. The fourth-order valence-corrected chi connectivity index (χ4v) is 2.90. The largest absolute Gasteiger partial charge is 0.449 e. The maximum Gasteiger partial charge on any atom is 0.449 e. The van der Waals surface area contributed by atoms with Gasteiger partial charge < -0.3 is 10.3 Å². The van der Waals surface area contributed by atoms with E-state index in [-0.39, 0.29) is 17.1 Å². The summed E-state index contributed by atoms with van der Waals surface area (Å²) in [4.78, 5) is 17.2. The Hall–Kier alpha value is -3.39. The summed E-state index contributed by atoms with van der Waals surface area (Å²) in [7, 11) is 0. The molecule has 7 nitrogen and oxygen atoms in total. The Balaban J connectivity index is 1.67. The van der Waals surface area contributed by atoms with Crippen LogP contribution < -0.4 is 5.32 Å². The molecule has 3 rings (SSSR count). The number of carbonyl (C=O) groups is 1. The Morgan fingerprint density at radius 2 is 2.17 bits per heavy atom. The lowest BCUT2D eigenvalue weighted by Crippen LogP contribution is -2.36. The molecule has 2 heterocycles. The van der Waals surface area contributed by atoms with Crippen molar-refractivity contribution in [2.75, 3.05) is 0 Å². The van der Waals surface area contributed by atoms with Gasteiger partial charge in [-0.1, -0.05) is 11.6 Å². The highest BCUT2D eigenvalue weighted by Gasteiger charge is 2.35. The number of H-pyrrole nitrogens is 1. The summed E-state index contributed by atoms with van der Waals surface area (Å²) in [5.41, 5.74) is 0.102. The zero-order valence-corrected chi connectivity index (χ0v) is 16.0. The number of alkyl halides is 3. The average molecular weight is 441 g/mol. The number of imidazole rings is 1. The Morgan fingerprint density at radius 1 is 1.43 bits per heavy atom. The average Bonchev–Trinajstić information content (AvgIpc) is 3.30.